The van der Waals surface area contributed by atoms with E-state index in [0.717, 1.165) is 19.4 Å². The first-order valence-electron chi connectivity index (χ1n) is 4.68. The number of thioether (sulfide) groups is 1. The highest BCUT2D eigenvalue weighted by molar-refractivity contribution is 8.01. The van der Waals surface area contributed by atoms with Crippen LogP contribution in [0.5, 0.6) is 0 Å². The molecule has 3 heteroatoms. The van der Waals surface area contributed by atoms with Crippen LogP contribution in [0.3, 0.4) is 0 Å². The van der Waals surface area contributed by atoms with Crippen LogP contribution in [0.4, 0.5) is 0 Å². The first kappa shape index (κ1) is 11.1. The lowest BCUT2D eigenvalue weighted by molar-refractivity contribution is 0.843. The van der Waals surface area contributed by atoms with Crippen LogP contribution in [0.15, 0.2) is 16.3 Å². The standard InChI is InChI=1S/C10H17NS2/c1-8(2)12-10-6-5-9(13-10)4-3-7-11/h5-6,8H,3-4,7,11H2,1-2H3. The van der Waals surface area contributed by atoms with Crippen LogP contribution in [-0.4, -0.2) is 11.8 Å². The molecular weight excluding hydrogens is 198 g/mol. The van der Waals surface area contributed by atoms with Crippen molar-refractivity contribution in [3.05, 3.63) is 17.0 Å². The Labute approximate surface area is 88.7 Å². The third-order valence-corrected chi connectivity index (χ3v) is 3.93. The Balaban J connectivity index is 2.44. The number of hydrogen-bond acceptors (Lipinski definition) is 3. The maximum absolute atomic E-state index is 5.46. The zero-order chi connectivity index (χ0) is 9.68. The molecule has 0 bridgehead atoms. The molecule has 1 heterocycles. The second kappa shape index (κ2) is 5.68. The van der Waals surface area contributed by atoms with Crippen LogP contribution in [0.1, 0.15) is 25.1 Å². The zero-order valence-electron chi connectivity index (χ0n) is 8.25. The zero-order valence-corrected chi connectivity index (χ0v) is 9.88. The smallest absolute Gasteiger partial charge is 0.0603 e. The third-order valence-electron chi connectivity index (χ3n) is 1.62. The van der Waals surface area contributed by atoms with Gasteiger partial charge in [0.25, 0.3) is 0 Å². The molecule has 1 aromatic rings. The Bertz CT molecular complexity index is 243. The maximum Gasteiger partial charge on any atom is 0.0603 e. The van der Waals surface area contributed by atoms with Crippen molar-refractivity contribution in [3.63, 3.8) is 0 Å². The summed E-state index contributed by atoms with van der Waals surface area (Å²) in [5.74, 6) is 0. The molecular formula is C10H17NS2. The summed E-state index contributed by atoms with van der Waals surface area (Å²) in [6.45, 7) is 5.25. The molecule has 2 N–H and O–H groups in total. The number of thiophene rings is 1. The number of nitrogens with two attached hydrogens (primary N) is 1. The fourth-order valence-electron chi connectivity index (χ4n) is 1.06. The number of hydrogen-bond donors (Lipinski definition) is 1. The lowest BCUT2D eigenvalue weighted by Crippen LogP contribution is -1.99. The van der Waals surface area contributed by atoms with Crippen molar-refractivity contribution < 1.29 is 0 Å². The van der Waals surface area contributed by atoms with Gasteiger partial charge in [-0.25, -0.2) is 0 Å². The van der Waals surface area contributed by atoms with Gasteiger partial charge in [-0.05, 0) is 31.5 Å². The largest absolute Gasteiger partial charge is 0.330 e. The van der Waals surface area contributed by atoms with Gasteiger partial charge in [0, 0.05) is 10.1 Å². The monoisotopic (exact) mass is 215 g/mol. The van der Waals surface area contributed by atoms with Gasteiger partial charge in [0.2, 0.25) is 0 Å². The first-order chi connectivity index (χ1) is 6.22. The van der Waals surface area contributed by atoms with Crippen molar-refractivity contribution >= 4 is 23.1 Å². The van der Waals surface area contributed by atoms with E-state index in [1.807, 2.05) is 23.1 Å². The average Bonchev–Trinajstić information content (AvgIpc) is 2.48. The summed E-state index contributed by atoms with van der Waals surface area (Å²) in [6, 6.07) is 4.45. The molecule has 74 valence electrons. The van der Waals surface area contributed by atoms with Gasteiger partial charge in [0.15, 0.2) is 0 Å². The third kappa shape index (κ3) is 4.16. The number of aryl methyl sites for hydroxylation is 1. The van der Waals surface area contributed by atoms with Crippen molar-refractivity contribution in [2.24, 2.45) is 5.73 Å². The van der Waals surface area contributed by atoms with Crippen molar-refractivity contribution in [1.82, 2.24) is 0 Å². The van der Waals surface area contributed by atoms with E-state index in [9.17, 15) is 0 Å². The Hall–Kier alpha value is 0.01000. The minimum Gasteiger partial charge on any atom is -0.330 e. The predicted molar refractivity (Wildman–Crippen MR) is 62.7 cm³/mol. The van der Waals surface area contributed by atoms with E-state index in [2.05, 4.69) is 26.0 Å². The van der Waals surface area contributed by atoms with Crippen molar-refractivity contribution in [1.29, 1.82) is 0 Å². The molecule has 0 aliphatic heterocycles. The number of rotatable bonds is 5. The summed E-state index contributed by atoms with van der Waals surface area (Å²) in [4.78, 5) is 1.47. The van der Waals surface area contributed by atoms with E-state index >= 15 is 0 Å². The van der Waals surface area contributed by atoms with Gasteiger partial charge < -0.3 is 5.73 Å². The van der Waals surface area contributed by atoms with E-state index in [-0.39, 0.29) is 0 Å². The predicted octanol–water partition coefficient (Wildman–Crippen LogP) is 3.14. The highest BCUT2D eigenvalue weighted by atomic mass is 32.2. The fraction of sp³-hybridized carbons (Fsp3) is 0.600. The molecule has 1 nitrogen and oxygen atoms in total. The molecule has 0 radical (unpaired) electrons. The van der Waals surface area contributed by atoms with Crippen LogP contribution in [-0.2, 0) is 6.42 Å². The van der Waals surface area contributed by atoms with Crippen LogP contribution in [0, 0.1) is 0 Å². The van der Waals surface area contributed by atoms with E-state index in [1.165, 1.54) is 9.09 Å². The molecule has 0 unspecified atom stereocenters. The second-order valence-electron chi connectivity index (χ2n) is 3.28. The molecule has 0 amide bonds. The molecule has 0 aliphatic rings. The van der Waals surface area contributed by atoms with E-state index in [0.29, 0.717) is 5.25 Å². The van der Waals surface area contributed by atoms with Crippen LogP contribution in [0.25, 0.3) is 0 Å². The van der Waals surface area contributed by atoms with E-state index in [1.54, 1.807) is 0 Å². The molecule has 0 atom stereocenters. The fourth-order valence-corrected chi connectivity index (χ4v) is 3.54. The first-order valence-corrected chi connectivity index (χ1v) is 6.37. The van der Waals surface area contributed by atoms with Gasteiger partial charge >= 0.3 is 0 Å². The maximum atomic E-state index is 5.46. The van der Waals surface area contributed by atoms with Gasteiger partial charge in [-0.3, -0.25) is 0 Å². The quantitative estimate of drug-likeness (QED) is 0.764. The second-order valence-corrected chi connectivity index (χ2v) is 6.32. The molecule has 1 aromatic heterocycles. The average molecular weight is 215 g/mol. The summed E-state index contributed by atoms with van der Waals surface area (Å²) in [5, 5.41) is 0.681. The normalized spacial score (nSPS) is 11.1. The lowest BCUT2D eigenvalue weighted by Gasteiger charge is -1.99. The van der Waals surface area contributed by atoms with Gasteiger partial charge in [0.1, 0.15) is 0 Å². The summed E-state index contributed by atoms with van der Waals surface area (Å²) in [6.07, 6.45) is 2.24. The van der Waals surface area contributed by atoms with Crippen LogP contribution < -0.4 is 5.73 Å². The summed E-state index contributed by atoms with van der Waals surface area (Å²) in [5.41, 5.74) is 5.46. The Morgan fingerprint density at radius 1 is 1.46 bits per heavy atom. The summed E-state index contributed by atoms with van der Waals surface area (Å²) >= 11 is 3.85. The van der Waals surface area contributed by atoms with Crippen molar-refractivity contribution in [2.75, 3.05) is 6.54 Å². The van der Waals surface area contributed by atoms with Crippen LogP contribution >= 0.6 is 23.1 Å². The molecule has 0 spiro atoms. The van der Waals surface area contributed by atoms with Gasteiger partial charge in [0.05, 0.1) is 4.21 Å². The van der Waals surface area contributed by atoms with Crippen molar-refractivity contribution in [2.45, 2.75) is 36.1 Å². The highest BCUT2D eigenvalue weighted by Crippen LogP contribution is 2.30. The molecule has 0 aliphatic carbocycles. The molecule has 13 heavy (non-hydrogen) atoms. The molecule has 0 aromatic carbocycles. The minimum atomic E-state index is 0.681. The highest BCUT2D eigenvalue weighted by Gasteiger charge is 2.02. The molecule has 0 saturated carbocycles. The van der Waals surface area contributed by atoms with E-state index < -0.39 is 0 Å². The SMILES string of the molecule is CC(C)Sc1ccc(CCCN)s1. The van der Waals surface area contributed by atoms with Crippen LogP contribution in [0.2, 0.25) is 0 Å². The summed E-state index contributed by atoms with van der Waals surface area (Å²) in [7, 11) is 0. The van der Waals surface area contributed by atoms with Gasteiger partial charge in [-0.1, -0.05) is 13.8 Å². The van der Waals surface area contributed by atoms with Gasteiger partial charge in [-0.15, -0.1) is 23.1 Å². The molecule has 0 fully saturated rings. The Kier molecular flexibility index (Phi) is 4.84. The van der Waals surface area contributed by atoms with E-state index in [4.69, 9.17) is 5.73 Å². The minimum absolute atomic E-state index is 0.681. The topological polar surface area (TPSA) is 26.0 Å². The lowest BCUT2D eigenvalue weighted by atomic mass is 10.3. The Morgan fingerprint density at radius 2 is 2.23 bits per heavy atom. The molecule has 0 saturated heterocycles. The molecule has 1 rings (SSSR count). The summed E-state index contributed by atoms with van der Waals surface area (Å²) < 4.78 is 1.43. The van der Waals surface area contributed by atoms with Crippen molar-refractivity contribution in [3.8, 4) is 0 Å². The van der Waals surface area contributed by atoms with Gasteiger partial charge in [-0.2, -0.15) is 0 Å². The Morgan fingerprint density at radius 3 is 2.85 bits per heavy atom.